The molecule has 0 aliphatic rings. The second-order valence-corrected chi connectivity index (χ2v) is 5.97. The summed E-state index contributed by atoms with van der Waals surface area (Å²) in [6, 6.07) is 4.02. The lowest BCUT2D eigenvalue weighted by atomic mass is 10.3. The van der Waals surface area contributed by atoms with Gasteiger partial charge in [-0.2, -0.15) is 0 Å². The van der Waals surface area contributed by atoms with Crippen molar-refractivity contribution in [1.82, 2.24) is 14.7 Å². The first-order valence-electron chi connectivity index (χ1n) is 5.81. The van der Waals surface area contributed by atoms with Crippen LogP contribution in [0.4, 0.5) is 0 Å². The fourth-order valence-electron chi connectivity index (χ4n) is 1.72. The summed E-state index contributed by atoms with van der Waals surface area (Å²) in [6.45, 7) is -0.407. The van der Waals surface area contributed by atoms with Crippen molar-refractivity contribution >= 4 is 27.0 Å². The van der Waals surface area contributed by atoms with E-state index >= 15 is 0 Å². The van der Waals surface area contributed by atoms with E-state index in [9.17, 15) is 18.0 Å². The molecule has 2 aromatic rings. The van der Waals surface area contributed by atoms with E-state index in [2.05, 4.69) is 19.4 Å². The molecule has 0 amide bonds. The molecule has 114 valence electrons. The van der Waals surface area contributed by atoms with Gasteiger partial charge in [-0.05, 0) is 18.2 Å². The highest BCUT2D eigenvalue weighted by Gasteiger charge is 2.21. The number of hydrogen-bond acceptors (Lipinski definition) is 5. The van der Waals surface area contributed by atoms with Gasteiger partial charge in [0.25, 0.3) is 0 Å². The van der Waals surface area contributed by atoms with Gasteiger partial charge in [-0.1, -0.05) is 0 Å². The predicted octanol–water partition coefficient (Wildman–Crippen LogP) is -0.766. The van der Waals surface area contributed by atoms with Crippen LogP contribution in [0, 0.1) is 0 Å². The Labute approximate surface area is 119 Å². The van der Waals surface area contributed by atoms with Gasteiger partial charge in [-0.3, -0.25) is 0 Å². The van der Waals surface area contributed by atoms with E-state index in [1.54, 1.807) is 0 Å². The molecule has 0 saturated carbocycles. The summed E-state index contributed by atoms with van der Waals surface area (Å²) in [5.74, 6) is -1.27. The predicted molar refractivity (Wildman–Crippen MR) is 72.5 cm³/mol. The lowest BCUT2D eigenvalue weighted by Gasteiger charge is -2.12. The van der Waals surface area contributed by atoms with E-state index in [1.807, 2.05) is 0 Å². The molecule has 2 rings (SSSR count). The average Bonchev–Trinajstić information content (AvgIpc) is 2.77. The number of ether oxygens (including phenoxy) is 1. The molecule has 1 heterocycles. The van der Waals surface area contributed by atoms with Gasteiger partial charge in [-0.25, -0.2) is 22.7 Å². The molecule has 0 radical (unpaired) electrons. The zero-order chi connectivity index (χ0) is 15.6. The largest absolute Gasteiger partial charge is 0.479 e. The van der Waals surface area contributed by atoms with E-state index in [0.29, 0.717) is 11.0 Å². The molecule has 1 aromatic carbocycles. The lowest BCUT2D eigenvalue weighted by molar-refractivity contribution is -0.147. The first kappa shape index (κ1) is 15.2. The number of nitrogens with one attached hydrogen (secondary N) is 3. The Morgan fingerprint density at radius 3 is 2.67 bits per heavy atom. The standard InChI is InChI=1S/C11H13N3O6S/c1-20-9(10(15)16)5-12-21(18,19)6-2-3-7-8(4-6)14-11(17)13-7/h2-4,9,12H,5H2,1H3,(H,15,16)(H2,13,14,17). The van der Waals surface area contributed by atoms with Crippen LogP contribution >= 0.6 is 0 Å². The van der Waals surface area contributed by atoms with Crippen molar-refractivity contribution in [3.8, 4) is 0 Å². The molecule has 9 nitrogen and oxygen atoms in total. The number of benzene rings is 1. The number of rotatable bonds is 6. The van der Waals surface area contributed by atoms with Gasteiger partial charge in [0.05, 0.1) is 15.9 Å². The fourth-order valence-corrected chi connectivity index (χ4v) is 2.78. The van der Waals surface area contributed by atoms with Gasteiger partial charge in [0.2, 0.25) is 10.0 Å². The summed E-state index contributed by atoms with van der Waals surface area (Å²) in [4.78, 5) is 26.7. The number of methoxy groups -OCH3 is 1. The average molecular weight is 315 g/mol. The Morgan fingerprint density at radius 1 is 1.38 bits per heavy atom. The normalized spacial score (nSPS) is 13.4. The number of fused-ring (bicyclic) bond motifs is 1. The zero-order valence-electron chi connectivity index (χ0n) is 10.9. The van der Waals surface area contributed by atoms with Crippen molar-refractivity contribution in [2.75, 3.05) is 13.7 Å². The summed E-state index contributed by atoms with van der Waals surface area (Å²) in [5.41, 5.74) is 0.362. The number of hydrogen-bond donors (Lipinski definition) is 4. The Morgan fingerprint density at radius 2 is 2.05 bits per heavy atom. The molecule has 1 unspecified atom stereocenters. The van der Waals surface area contributed by atoms with E-state index < -0.39 is 34.3 Å². The van der Waals surface area contributed by atoms with Crippen LogP contribution in [-0.2, 0) is 19.6 Å². The summed E-state index contributed by atoms with van der Waals surface area (Å²) >= 11 is 0. The molecule has 0 aliphatic heterocycles. The summed E-state index contributed by atoms with van der Waals surface area (Å²) < 4.78 is 30.9. The highest BCUT2D eigenvalue weighted by atomic mass is 32.2. The van der Waals surface area contributed by atoms with Crippen LogP contribution < -0.4 is 10.4 Å². The van der Waals surface area contributed by atoms with Crippen LogP contribution in [-0.4, -0.2) is 49.2 Å². The quantitative estimate of drug-likeness (QED) is 0.552. The van der Waals surface area contributed by atoms with E-state index in [4.69, 9.17) is 5.11 Å². The first-order chi connectivity index (χ1) is 9.83. The maximum absolute atomic E-state index is 12.1. The van der Waals surface area contributed by atoms with Gasteiger partial charge in [0.1, 0.15) is 0 Å². The SMILES string of the molecule is COC(CNS(=O)(=O)c1ccc2[nH]c(=O)[nH]c2c1)C(=O)O. The van der Waals surface area contributed by atoms with Gasteiger partial charge in [-0.15, -0.1) is 0 Å². The number of carbonyl (C=O) groups is 1. The third kappa shape index (κ3) is 3.29. The Hall–Kier alpha value is -2.17. The third-order valence-corrected chi connectivity index (χ3v) is 4.24. The van der Waals surface area contributed by atoms with Crippen LogP contribution in [0.15, 0.2) is 27.9 Å². The number of imidazole rings is 1. The van der Waals surface area contributed by atoms with Gasteiger partial charge < -0.3 is 19.8 Å². The highest BCUT2D eigenvalue weighted by Crippen LogP contribution is 2.14. The van der Waals surface area contributed by atoms with Crippen molar-refractivity contribution in [2.45, 2.75) is 11.0 Å². The highest BCUT2D eigenvalue weighted by molar-refractivity contribution is 7.89. The second-order valence-electron chi connectivity index (χ2n) is 4.20. The number of carboxylic acid groups (broad SMARTS) is 1. The Bertz CT molecular complexity index is 822. The van der Waals surface area contributed by atoms with Crippen LogP contribution in [0.1, 0.15) is 0 Å². The third-order valence-electron chi connectivity index (χ3n) is 2.82. The molecule has 10 heteroatoms. The summed E-state index contributed by atoms with van der Waals surface area (Å²) in [5, 5.41) is 8.78. The van der Waals surface area contributed by atoms with Crippen molar-refractivity contribution < 1.29 is 23.1 Å². The number of aromatic nitrogens is 2. The Balaban J connectivity index is 2.24. The van der Waals surface area contributed by atoms with Crippen molar-refractivity contribution in [3.05, 3.63) is 28.7 Å². The number of aliphatic carboxylic acids is 1. The minimum Gasteiger partial charge on any atom is -0.479 e. The molecular formula is C11H13N3O6S. The van der Waals surface area contributed by atoms with Crippen LogP contribution in [0.2, 0.25) is 0 Å². The van der Waals surface area contributed by atoms with E-state index in [0.717, 1.165) is 0 Å². The summed E-state index contributed by atoms with van der Waals surface area (Å²) in [7, 11) is -2.74. The van der Waals surface area contributed by atoms with Gasteiger partial charge in [0, 0.05) is 13.7 Å². The number of aromatic amines is 2. The molecule has 21 heavy (non-hydrogen) atoms. The topological polar surface area (TPSA) is 141 Å². The molecule has 1 atom stereocenters. The molecular weight excluding hydrogens is 302 g/mol. The maximum atomic E-state index is 12.1. The number of carboxylic acids is 1. The van der Waals surface area contributed by atoms with E-state index in [1.165, 1.54) is 25.3 Å². The monoisotopic (exact) mass is 315 g/mol. The van der Waals surface area contributed by atoms with Crippen molar-refractivity contribution in [2.24, 2.45) is 0 Å². The van der Waals surface area contributed by atoms with Gasteiger partial charge >= 0.3 is 11.7 Å². The van der Waals surface area contributed by atoms with Crippen molar-refractivity contribution in [3.63, 3.8) is 0 Å². The molecule has 4 N–H and O–H groups in total. The van der Waals surface area contributed by atoms with Crippen molar-refractivity contribution in [1.29, 1.82) is 0 Å². The molecule has 1 aromatic heterocycles. The van der Waals surface area contributed by atoms with Gasteiger partial charge in [0.15, 0.2) is 6.10 Å². The molecule has 0 spiro atoms. The maximum Gasteiger partial charge on any atom is 0.334 e. The second kappa shape index (κ2) is 5.68. The van der Waals surface area contributed by atoms with Crippen LogP contribution in [0.25, 0.3) is 11.0 Å². The zero-order valence-corrected chi connectivity index (χ0v) is 11.7. The fraction of sp³-hybridized carbons (Fsp3) is 0.273. The minimum atomic E-state index is -3.91. The number of H-pyrrole nitrogens is 2. The Kier molecular flexibility index (Phi) is 4.11. The first-order valence-corrected chi connectivity index (χ1v) is 7.29. The molecule has 0 aliphatic carbocycles. The molecule has 0 fully saturated rings. The minimum absolute atomic E-state index is 0.0921. The number of sulfonamides is 1. The molecule has 0 saturated heterocycles. The molecule has 0 bridgehead atoms. The lowest BCUT2D eigenvalue weighted by Crippen LogP contribution is -2.37. The summed E-state index contributed by atoms with van der Waals surface area (Å²) in [6.07, 6.45) is -1.28. The van der Waals surface area contributed by atoms with Crippen LogP contribution in [0.5, 0.6) is 0 Å². The smallest absolute Gasteiger partial charge is 0.334 e. The van der Waals surface area contributed by atoms with E-state index in [-0.39, 0.29) is 4.90 Å². The van der Waals surface area contributed by atoms with Crippen LogP contribution in [0.3, 0.4) is 0 Å².